The molecule has 1 aliphatic heterocycles. The van der Waals surface area contributed by atoms with Gasteiger partial charge in [-0.1, -0.05) is 41.7 Å². The fourth-order valence-electron chi connectivity index (χ4n) is 2.25. The molecule has 2 rings (SSSR count). The third kappa shape index (κ3) is 2.88. The summed E-state index contributed by atoms with van der Waals surface area (Å²) in [5, 5.41) is 5.25. The monoisotopic (exact) mass is 306 g/mol. The molecule has 0 amide bonds. The third-order valence-corrected chi connectivity index (χ3v) is 4.61. The summed E-state index contributed by atoms with van der Waals surface area (Å²) in [4.78, 5) is 2.27. The first kappa shape index (κ1) is 14.3. The van der Waals surface area contributed by atoms with Crippen molar-refractivity contribution < 1.29 is 0 Å². The van der Waals surface area contributed by atoms with Gasteiger partial charge in [-0.3, -0.25) is 0 Å². The fourth-order valence-corrected chi connectivity index (χ4v) is 2.91. The first-order chi connectivity index (χ1) is 8.45. The molecule has 0 aliphatic carbocycles. The number of hydrogen-bond donors (Lipinski definition) is 1. The molecule has 1 unspecified atom stereocenters. The van der Waals surface area contributed by atoms with Gasteiger partial charge >= 0.3 is 0 Å². The zero-order valence-electron chi connectivity index (χ0n) is 10.6. The van der Waals surface area contributed by atoms with E-state index in [0.717, 1.165) is 31.7 Å². The number of nitrogens with zero attached hydrogens (tertiary/aromatic N) is 1. The lowest BCUT2D eigenvalue weighted by Crippen LogP contribution is -2.58. The van der Waals surface area contributed by atoms with Gasteiger partial charge in [0.25, 0.3) is 0 Å². The minimum atomic E-state index is 0.119. The third-order valence-electron chi connectivity index (χ3n) is 3.58. The summed E-state index contributed by atoms with van der Waals surface area (Å²) in [5.74, 6) is 0. The average Bonchev–Trinajstić information content (AvgIpc) is 2.34. The molecule has 1 aliphatic rings. The van der Waals surface area contributed by atoms with Crippen LogP contribution in [0.3, 0.4) is 0 Å². The molecule has 2 nitrogen and oxygen atoms in total. The molecule has 5 heteroatoms. The number of anilines is 1. The van der Waals surface area contributed by atoms with Crippen LogP contribution >= 0.6 is 34.8 Å². The van der Waals surface area contributed by atoms with Gasteiger partial charge in [0, 0.05) is 25.2 Å². The molecule has 1 N–H and O–H groups in total. The Bertz CT molecular complexity index is 450. The summed E-state index contributed by atoms with van der Waals surface area (Å²) in [6.07, 6.45) is 1.07. The van der Waals surface area contributed by atoms with Crippen LogP contribution in [0, 0.1) is 0 Å². The molecule has 1 aromatic carbocycles. The minimum Gasteiger partial charge on any atom is -0.367 e. The second-order valence-corrected chi connectivity index (χ2v) is 6.20. The second-order valence-electron chi connectivity index (χ2n) is 4.98. The molecule has 1 saturated heterocycles. The number of hydrogen-bond acceptors (Lipinski definition) is 2. The van der Waals surface area contributed by atoms with Crippen LogP contribution in [0.1, 0.15) is 20.3 Å². The average molecular weight is 308 g/mol. The Morgan fingerprint density at radius 3 is 2.56 bits per heavy atom. The highest BCUT2D eigenvalue weighted by Crippen LogP contribution is 2.35. The van der Waals surface area contributed by atoms with E-state index in [0.29, 0.717) is 15.1 Å². The van der Waals surface area contributed by atoms with E-state index in [4.69, 9.17) is 34.8 Å². The van der Waals surface area contributed by atoms with E-state index in [2.05, 4.69) is 24.1 Å². The van der Waals surface area contributed by atoms with Crippen molar-refractivity contribution in [1.82, 2.24) is 5.32 Å². The number of benzene rings is 1. The Labute approximate surface area is 123 Å². The lowest BCUT2D eigenvalue weighted by Gasteiger charge is -2.42. The molecule has 1 aromatic rings. The standard InChI is InChI=1S/C13H17Cl3N2/c1-3-13(2)8-18(5-4-17-13)12-7-10(15)9(14)6-11(12)16/h6-7,17H,3-5,8H2,1-2H3. The number of nitrogens with one attached hydrogen (secondary N) is 1. The molecule has 0 spiro atoms. The van der Waals surface area contributed by atoms with E-state index >= 15 is 0 Å². The second kappa shape index (κ2) is 5.46. The lowest BCUT2D eigenvalue weighted by atomic mass is 9.95. The molecule has 0 aromatic heterocycles. The van der Waals surface area contributed by atoms with Crippen LogP contribution in [0.5, 0.6) is 0 Å². The van der Waals surface area contributed by atoms with Gasteiger partial charge in [-0.2, -0.15) is 0 Å². The smallest absolute Gasteiger partial charge is 0.0655 e. The van der Waals surface area contributed by atoms with Crippen molar-refractivity contribution in [2.45, 2.75) is 25.8 Å². The molecule has 1 atom stereocenters. The Balaban J connectivity index is 2.29. The van der Waals surface area contributed by atoms with Crippen molar-refractivity contribution >= 4 is 40.5 Å². The van der Waals surface area contributed by atoms with Crippen LogP contribution in [0.25, 0.3) is 0 Å². The summed E-state index contributed by atoms with van der Waals surface area (Å²) >= 11 is 18.3. The van der Waals surface area contributed by atoms with Gasteiger partial charge in [0.05, 0.1) is 20.8 Å². The summed E-state index contributed by atoms with van der Waals surface area (Å²) in [7, 11) is 0. The molecule has 18 heavy (non-hydrogen) atoms. The summed E-state index contributed by atoms with van der Waals surface area (Å²) in [5.41, 5.74) is 1.08. The van der Waals surface area contributed by atoms with Gasteiger partial charge < -0.3 is 10.2 Å². The molecular weight excluding hydrogens is 291 g/mol. The highest BCUT2D eigenvalue weighted by molar-refractivity contribution is 6.44. The van der Waals surface area contributed by atoms with Gasteiger partial charge in [-0.15, -0.1) is 0 Å². The number of halogens is 3. The molecular formula is C13H17Cl3N2. The van der Waals surface area contributed by atoms with Crippen molar-refractivity contribution in [1.29, 1.82) is 0 Å². The Kier molecular flexibility index (Phi) is 4.32. The van der Waals surface area contributed by atoms with Crippen molar-refractivity contribution in [2.24, 2.45) is 0 Å². The maximum atomic E-state index is 6.27. The van der Waals surface area contributed by atoms with Crippen molar-refractivity contribution in [2.75, 3.05) is 24.5 Å². The largest absolute Gasteiger partial charge is 0.367 e. The van der Waals surface area contributed by atoms with Gasteiger partial charge in [-0.05, 0) is 25.5 Å². The maximum Gasteiger partial charge on any atom is 0.0655 e. The zero-order chi connectivity index (χ0) is 13.3. The van der Waals surface area contributed by atoms with E-state index in [1.165, 1.54) is 0 Å². The summed E-state index contributed by atoms with van der Waals surface area (Å²) in [6.45, 7) is 7.20. The topological polar surface area (TPSA) is 15.3 Å². The minimum absolute atomic E-state index is 0.119. The summed E-state index contributed by atoms with van der Waals surface area (Å²) < 4.78 is 0. The Morgan fingerprint density at radius 1 is 1.22 bits per heavy atom. The maximum absolute atomic E-state index is 6.27. The van der Waals surface area contributed by atoms with E-state index in [-0.39, 0.29) is 5.54 Å². The van der Waals surface area contributed by atoms with E-state index in [9.17, 15) is 0 Å². The first-order valence-electron chi connectivity index (χ1n) is 6.10. The quantitative estimate of drug-likeness (QED) is 0.823. The Morgan fingerprint density at radius 2 is 1.89 bits per heavy atom. The van der Waals surface area contributed by atoms with Crippen molar-refractivity contribution in [3.63, 3.8) is 0 Å². The lowest BCUT2D eigenvalue weighted by molar-refractivity contribution is 0.314. The van der Waals surface area contributed by atoms with Crippen LogP contribution < -0.4 is 10.2 Å². The van der Waals surface area contributed by atoms with E-state index in [1.54, 1.807) is 6.07 Å². The van der Waals surface area contributed by atoms with Crippen molar-refractivity contribution in [3.05, 3.63) is 27.2 Å². The van der Waals surface area contributed by atoms with Crippen LogP contribution in [0.15, 0.2) is 12.1 Å². The molecule has 100 valence electrons. The predicted octanol–water partition coefficient (Wildman–Crippen LogP) is 4.23. The van der Waals surface area contributed by atoms with Crippen molar-refractivity contribution in [3.8, 4) is 0 Å². The number of piperazine rings is 1. The highest BCUT2D eigenvalue weighted by Gasteiger charge is 2.29. The van der Waals surface area contributed by atoms with Gasteiger partial charge in [0.2, 0.25) is 0 Å². The predicted molar refractivity (Wildman–Crippen MR) is 80.4 cm³/mol. The fraction of sp³-hybridized carbons (Fsp3) is 0.538. The van der Waals surface area contributed by atoms with E-state index < -0.39 is 0 Å². The van der Waals surface area contributed by atoms with Gasteiger partial charge in [0.1, 0.15) is 0 Å². The number of rotatable bonds is 2. The molecule has 0 saturated carbocycles. The normalized spacial score (nSPS) is 24.4. The molecule has 0 radical (unpaired) electrons. The van der Waals surface area contributed by atoms with Crippen LogP contribution in [0.4, 0.5) is 5.69 Å². The SMILES string of the molecule is CCC1(C)CN(c2cc(Cl)c(Cl)cc2Cl)CCN1. The first-order valence-corrected chi connectivity index (χ1v) is 7.23. The zero-order valence-corrected chi connectivity index (χ0v) is 12.8. The Hall–Kier alpha value is -0.150. The van der Waals surface area contributed by atoms with Crippen LogP contribution in [-0.2, 0) is 0 Å². The highest BCUT2D eigenvalue weighted by atomic mass is 35.5. The van der Waals surface area contributed by atoms with Crippen LogP contribution in [0.2, 0.25) is 15.1 Å². The van der Waals surface area contributed by atoms with Gasteiger partial charge in [0.15, 0.2) is 0 Å². The van der Waals surface area contributed by atoms with Crippen LogP contribution in [-0.4, -0.2) is 25.2 Å². The molecule has 1 heterocycles. The summed E-state index contributed by atoms with van der Waals surface area (Å²) in [6, 6.07) is 3.57. The molecule has 0 bridgehead atoms. The van der Waals surface area contributed by atoms with E-state index in [1.807, 2.05) is 6.07 Å². The van der Waals surface area contributed by atoms with Gasteiger partial charge in [-0.25, -0.2) is 0 Å². The molecule has 1 fully saturated rings.